The van der Waals surface area contributed by atoms with E-state index in [9.17, 15) is 5.11 Å². The van der Waals surface area contributed by atoms with Crippen molar-refractivity contribution in [2.75, 3.05) is 7.11 Å². The highest BCUT2D eigenvalue weighted by Crippen LogP contribution is 2.42. The van der Waals surface area contributed by atoms with Crippen molar-refractivity contribution >= 4 is 5.57 Å². The van der Waals surface area contributed by atoms with Crippen LogP contribution in [0.1, 0.15) is 37.8 Å². The zero-order valence-corrected chi connectivity index (χ0v) is 11.7. The van der Waals surface area contributed by atoms with Gasteiger partial charge >= 0.3 is 0 Å². The summed E-state index contributed by atoms with van der Waals surface area (Å²) < 4.78 is 5.43. The molecule has 1 aromatic rings. The van der Waals surface area contributed by atoms with E-state index in [-0.39, 0.29) is 11.5 Å². The number of allylic oxidation sites excluding steroid dienone is 1. The number of rotatable bonds is 2. The number of aliphatic hydroxyl groups is 1. The van der Waals surface area contributed by atoms with Crippen LogP contribution in [0.4, 0.5) is 0 Å². The highest BCUT2D eigenvalue weighted by molar-refractivity contribution is 5.72. The molecule has 0 saturated heterocycles. The van der Waals surface area contributed by atoms with E-state index in [0.717, 1.165) is 24.2 Å². The van der Waals surface area contributed by atoms with Gasteiger partial charge in [-0.2, -0.15) is 0 Å². The van der Waals surface area contributed by atoms with E-state index >= 15 is 0 Å². The van der Waals surface area contributed by atoms with Gasteiger partial charge in [-0.3, -0.25) is 0 Å². The van der Waals surface area contributed by atoms with Crippen LogP contribution in [0, 0.1) is 12.3 Å². The van der Waals surface area contributed by atoms with E-state index in [1.165, 1.54) is 11.1 Å². The van der Waals surface area contributed by atoms with E-state index in [1.54, 1.807) is 7.11 Å². The first-order chi connectivity index (χ1) is 8.41. The molecule has 0 amide bonds. The topological polar surface area (TPSA) is 29.5 Å². The van der Waals surface area contributed by atoms with Crippen LogP contribution in [-0.2, 0) is 0 Å². The molecule has 1 N–H and O–H groups in total. The Morgan fingerprint density at radius 2 is 2.06 bits per heavy atom. The van der Waals surface area contributed by atoms with E-state index in [1.807, 2.05) is 18.2 Å². The molecule has 1 aliphatic rings. The molecule has 0 spiro atoms. The summed E-state index contributed by atoms with van der Waals surface area (Å²) in [7, 11) is 1.69. The van der Waals surface area contributed by atoms with E-state index in [2.05, 4.69) is 26.8 Å². The fourth-order valence-electron chi connectivity index (χ4n) is 2.76. The minimum Gasteiger partial charge on any atom is -0.496 e. The highest BCUT2D eigenvalue weighted by atomic mass is 16.5. The predicted octanol–water partition coefficient (Wildman–Crippen LogP) is 3.57. The second kappa shape index (κ2) is 4.77. The summed E-state index contributed by atoms with van der Waals surface area (Å²) in [5.41, 5.74) is 3.66. The van der Waals surface area contributed by atoms with Gasteiger partial charge in [-0.1, -0.05) is 31.6 Å². The van der Waals surface area contributed by atoms with Gasteiger partial charge in [-0.15, -0.1) is 0 Å². The monoisotopic (exact) mass is 246 g/mol. The molecule has 2 heteroatoms. The normalized spacial score (nSPS) is 22.5. The van der Waals surface area contributed by atoms with Crippen LogP contribution >= 0.6 is 0 Å². The van der Waals surface area contributed by atoms with Crippen LogP contribution in [0.2, 0.25) is 0 Å². The molecular formula is C16H22O2. The summed E-state index contributed by atoms with van der Waals surface area (Å²) in [6.07, 6.45) is 3.42. The van der Waals surface area contributed by atoms with E-state index < -0.39 is 0 Å². The smallest absolute Gasteiger partial charge is 0.126 e. The lowest BCUT2D eigenvalue weighted by Crippen LogP contribution is -2.24. The molecular weight excluding hydrogens is 224 g/mol. The molecule has 0 saturated carbocycles. The first-order valence-electron chi connectivity index (χ1n) is 6.45. The molecule has 0 bridgehead atoms. The lowest BCUT2D eigenvalue weighted by Gasteiger charge is -2.33. The Bertz CT molecular complexity index is 472. The van der Waals surface area contributed by atoms with Crippen molar-refractivity contribution in [1.82, 2.24) is 0 Å². The molecule has 1 aliphatic carbocycles. The Hall–Kier alpha value is -1.28. The first kappa shape index (κ1) is 13.2. The van der Waals surface area contributed by atoms with Gasteiger partial charge < -0.3 is 9.84 Å². The Morgan fingerprint density at radius 3 is 2.67 bits per heavy atom. The molecule has 0 radical (unpaired) electrons. The minimum absolute atomic E-state index is 0.137. The van der Waals surface area contributed by atoms with Gasteiger partial charge in [-0.25, -0.2) is 0 Å². The molecule has 0 heterocycles. The van der Waals surface area contributed by atoms with Crippen LogP contribution in [0.15, 0.2) is 24.3 Å². The van der Waals surface area contributed by atoms with Crippen LogP contribution in [0.5, 0.6) is 5.75 Å². The quantitative estimate of drug-likeness (QED) is 0.864. The second-order valence-corrected chi connectivity index (χ2v) is 6.01. The number of hydrogen-bond acceptors (Lipinski definition) is 2. The molecule has 1 atom stereocenters. The van der Waals surface area contributed by atoms with Crippen molar-refractivity contribution in [1.29, 1.82) is 0 Å². The minimum atomic E-state index is -0.353. The summed E-state index contributed by atoms with van der Waals surface area (Å²) in [6, 6.07) is 6.19. The largest absolute Gasteiger partial charge is 0.496 e. The fraction of sp³-hybridized carbons (Fsp3) is 0.500. The zero-order chi connectivity index (χ0) is 13.3. The SMILES string of the molecule is COc1ccc(C)cc1C1=CC(O)CC(C)(C)C1. The lowest BCUT2D eigenvalue weighted by atomic mass is 9.74. The molecule has 1 aromatic carbocycles. The summed E-state index contributed by atoms with van der Waals surface area (Å²) >= 11 is 0. The van der Waals surface area contributed by atoms with Gasteiger partial charge in [0.05, 0.1) is 13.2 Å². The zero-order valence-electron chi connectivity index (χ0n) is 11.7. The number of methoxy groups -OCH3 is 1. The van der Waals surface area contributed by atoms with Crippen molar-refractivity contribution in [2.45, 2.75) is 39.7 Å². The molecule has 18 heavy (non-hydrogen) atoms. The number of aliphatic hydroxyl groups excluding tert-OH is 1. The third-order valence-corrected chi connectivity index (χ3v) is 3.53. The van der Waals surface area contributed by atoms with Gasteiger partial charge in [0.15, 0.2) is 0 Å². The van der Waals surface area contributed by atoms with Crippen molar-refractivity contribution in [2.24, 2.45) is 5.41 Å². The van der Waals surface area contributed by atoms with Gasteiger partial charge in [0, 0.05) is 5.56 Å². The second-order valence-electron chi connectivity index (χ2n) is 6.01. The standard InChI is InChI=1S/C16H22O2/c1-11-5-6-15(18-4)14(7-11)12-8-13(17)10-16(2,3)9-12/h5-8,13,17H,9-10H2,1-4H3. The Labute approximate surface area is 109 Å². The summed E-state index contributed by atoms with van der Waals surface area (Å²) in [4.78, 5) is 0. The Morgan fingerprint density at radius 1 is 1.33 bits per heavy atom. The Kier molecular flexibility index (Phi) is 3.49. The van der Waals surface area contributed by atoms with Crippen LogP contribution in [0.3, 0.4) is 0 Å². The van der Waals surface area contributed by atoms with Crippen molar-refractivity contribution in [3.05, 3.63) is 35.4 Å². The number of ether oxygens (including phenoxy) is 1. The molecule has 0 fully saturated rings. The van der Waals surface area contributed by atoms with Crippen molar-refractivity contribution in [3.8, 4) is 5.75 Å². The third kappa shape index (κ3) is 2.75. The maximum absolute atomic E-state index is 9.99. The predicted molar refractivity (Wildman–Crippen MR) is 74.7 cm³/mol. The highest BCUT2D eigenvalue weighted by Gasteiger charge is 2.29. The molecule has 2 rings (SSSR count). The maximum Gasteiger partial charge on any atom is 0.126 e. The molecule has 98 valence electrons. The number of hydrogen-bond donors (Lipinski definition) is 1. The van der Waals surface area contributed by atoms with Gasteiger partial charge in [0.25, 0.3) is 0 Å². The van der Waals surface area contributed by atoms with Crippen molar-refractivity contribution in [3.63, 3.8) is 0 Å². The summed E-state index contributed by atoms with van der Waals surface area (Å²) in [5, 5.41) is 9.99. The number of benzene rings is 1. The Balaban J connectivity index is 2.45. The molecule has 0 aliphatic heterocycles. The van der Waals surface area contributed by atoms with Gasteiger partial charge in [0.2, 0.25) is 0 Å². The van der Waals surface area contributed by atoms with Gasteiger partial charge in [0.1, 0.15) is 5.75 Å². The van der Waals surface area contributed by atoms with E-state index in [0.29, 0.717) is 0 Å². The third-order valence-electron chi connectivity index (χ3n) is 3.53. The molecule has 1 unspecified atom stereocenters. The van der Waals surface area contributed by atoms with Gasteiger partial charge in [-0.05, 0) is 42.9 Å². The fourth-order valence-corrected chi connectivity index (χ4v) is 2.76. The van der Waals surface area contributed by atoms with E-state index in [4.69, 9.17) is 4.74 Å². The maximum atomic E-state index is 9.99. The average Bonchev–Trinajstić information content (AvgIpc) is 2.26. The molecule has 2 nitrogen and oxygen atoms in total. The van der Waals surface area contributed by atoms with Crippen LogP contribution in [0.25, 0.3) is 5.57 Å². The van der Waals surface area contributed by atoms with Crippen LogP contribution < -0.4 is 4.74 Å². The number of aryl methyl sites for hydroxylation is 1. The average molecular weight is 246 g/mol. The van der Waals surface area contributed by atoms with Crippen molar-refractivity contribution < 1.29 is 9.84 Å². The lowest BCUT2D eigenvalue weighted by molar-refractivity contribution is 0.146. The van der Waals surface area contributed by atoms with Crippen LogP contribution in [-0.4, -0.2) is 18.3 Å². The summed E-state index contributed by atoms with van der Waals surface area (Å²) in [5.74, 6) is 0.886. The summed E-state index contributed by atoms with van der Waals surface area (Å²) in [6.45, 7) is 6.48. The molecule has 0 aromatic heterocycles. The first-order valence-corrected chi connectivity index (χ1v) is 6.45.